The number of aromatic nitrogens is 2. The predicted octanol–water partition coefficient (Wildman–Crippen LogP) is 6.06. The van der Waals surface area contributed by atoms with Crippen molar-refractivity contribution in [3.63, 3.8) is 0 Å². The van der Waals surface area contributed by atoms with E-state index in [2.05, 4.69) is 9.97 Å². The Bertz CT molecular complexity index is 1170. The summed E-state index contributed by atoms with van der Waals surface area (Å²) >= 11 is 12.3. The lowest BCUT2D eigenvalue weighted by atomic mass is 10.1. The normalized spacial score (nSPS) is 12.3. The molecule has 0 aliphatic carbocycles. The van der Waals surface area contributed by atoms with Crippen LogP contribution in [0, 0.1) is 5.82 Å². The summed E-state index contributed by atoms with van der Waals surface area (Å²) in [5.41, 5.74) is 8.21. The minimum Gasteiger partial charge on any atom is -0.478 e. The van der Waals surface area contributed by atoms with Gasteiger partial charge in [0.25, 0.3) is 0 Å². The van der Waals surface area contributed by atoms with Gasteiger partial charge in [0, 0.05) is 28.5 Å². The van der Waals surface area contributed by atoms with Crippen molar-refractivity contribution in [3.05, 3.63) is 70.4 Å². The molecule has 0 amide bonds. The molecule has 0 aliphatic rings. The maximum Gasteiger partial charge on any atom is 0.205 e. The summed E-state index contributed by atoms with van der Waals surface area (Å²) in [5, 5.41) is 0.866. The zero-order chi connectivity index (χ0) is 19.8. The molecular weight excluding hydrogens is 404 g/mol. The summed E-state index contributed by atoms with van der Waals surface area (Å²) < 4.78 is 25.6. The molecule has 0 saturated heterocycles. The van der Waals surface area contributed by atoms with Gasteiger partial charge in [-0.05, 0) is 31.2 Å². The minimum absolute atomic E-state index is 0.104. The zero-order valence-electron chi connectivity index (χ0n) is 14.6. The Morgan fingerprint density at radius 2 is 2.00 bits per heavy atom. The van der Waals surface area contributed by atoms with Gasteiger partial charge in [0.05, 0.1) is 16.1 Å². The SMILES string of the molecule is C[C@@H](Oc1c(N)ncc2c(-c3ccccn3)coc12)c1c(Cl)ccc(F)c1Cl. The average Bonchev–Trinajstić information content (AvgIpc) is 3.12. The molecule has 0 spiro atoms. The highest BCUT2D eigenvalue weighted by atomic mass is 35.5. The van der Waals surface area contributed by atoms with Gasteiger partial charge in [-0.1, -0.05) is 29.3 Å². The molecule has 28 heavy (non-hydrogen) atoms. The van der Waals surface area contributed by atoms with Crippen LogP contribution in [0.3, 0.4) is 0 Å². The number of benzene rings is 1. The number of ether oxygens (including phenoxy) is 1. The molecular formula is C20H14Cl2FN3O2. The van der Waals surface area contributed by atoms with Crippen LogP contribution in [0.5, 0.6) is 5.75 Å². The van der Waals surface area contributed by atoms with Crippen molar-refractivity contribution >= 4 is 40.0 Å². The van der Waals surface area contributed by atoms with Crippen LogP contribution >= 0.6 is 23.2 Å². The van der Waals surface area contributed by atoms with Crippen molar-refractivity contribution in [1.82, 2.24) is 9.97 Å². The molecule has 2 N–H and O–H groups in total. The molecule has 1 atom stereocenters. The lowest BCUT2D eigenvalue weighted by molar-refractivity contribution is 0.227. The number of nitrogen functional groups attached to an aromatic ring is 1. The highest BCUT2D eigenvalue weighted by molar-refractivity contribution is 6.36. The average molecular weight is 418 g/mol. The third-order valence-corrected chi connectivity index (χ3v) is 5.04. The molecule has 0 bridgehead atoms. The van der Waals surface area contributed by atoms with Gasteiger partial charge >= 0.3 is 0 Å². The van der Waals surface area contributed by atoms with Crippen molar-refractivity contribution < 1.29 is 13.5 Å². The second-order valence-electron chi connectivity index (χ2n) is 6.10. The zero-order valence-corrected chi connectivity index (χ0v) is 16.1. The molecule has 3 heterocycles. The summed E-state index contributed by atoms with van der Waals surface area (Å²) in [7, 11) is 0. The maximum atomic E-state index is 13.9. The number of pyridine rings is 2. The van der Waals surface area contributed by atoms with E-state index in [-0.39, 0.29) is 21.6 Å². The van der Waals surface area contributed by atoms with E-state index in [0.717, 1.165) is 11.3 Å². The molecule has 8 heteroatoms. The molecule has 0 fully saturated rings. The first-order chi connectivity index (χ1) is 13.5. The van der Waals surface area contributed by atoms with E-state index in [1.54, 1.807) is 25.6 Å². The Labute approximate surface area is 169 Å². The van der Waals surface area contributed by atoms with Crippen LogP contribution in [0.2, 0.25) is 10.0 Å². The topological polar surface area (TPSA) is 74.2 Å². The lowest BCUT2D eigenvalue weighted by Gasteiger charge is -2.18. The molecule has 4 aromatic rings. The Morgan fingerprint density at radius 3 is 2.75 bits per heavy atom. The first-order valence-electron chi connectivity index (χ1n) is 8.34. The van der Waals surface area contributed by atoms with Crippen molar-refractivity contribution in [2.24, 2.45) is 0 Å². The van der Waals surface area contributed by atoms with E-state index in [4.69, 9.17) is 38.1 Å². The van der Waals surface area contributed by atoms with Crippen LogP contribution in [-0.2, 0) is 0 Å². The number of hydrogen-bond acceptors (Lipinski definition) is 5. The maximum absolute atomic E-state index is 13.9. The van der Waals surface area contributed by atoms with Crippen molar-refractivity contribution in [2.75, 3.05) is 5.73 Å². The van der Waals surface area contributed by atoms with Crippen LogP contribution < -0.4 is 10.5 Å². The molecule has 0 saturated carbocycles. The van der Waals surface area contributed by atoms with E-state index in [1.165, 1.54) is 12.1 Å². The van der Waals surface area contributed by atoms with E-state index >= 15 is 0 Å². The number of rotatable bonds is 4. The first-order valence-corrected chi connectivity index (χ1v) is 9.10. The number of hydrogen-bond donors (Lipinski definition) is 1. The highest BCUT2D eigenvalue weighted by Gasteiger charge is 2.23. The third-order valence-electron chi connectivity index (χ3n) is 4.32. The van der Waals surface area contributed by atoms with Gasteiger partial charge in [-0.2, -0.15) is 0 Å². The van der Waals surface area contributed by atoms with Crippen LogP contribution in [0.1, 0.15) is 18.6 Å². The molecule has 4 rings (SSSR count). The van der Waals surface area contributed by atoms with Gasteiger partial charge in [-0.3, -0.25) is 4.98 Å². The molecule has 0 aliphatic heterocycles. The third kappa shape index (κ3) is 3.15. The predicted molar refractivity (Wildman–Crippen MR) is 107 cm³/mol. The van der Waals surface area contributed by atoms with Crippen molar-refractivity contribution in [1.29, 1.82) is 0 Å². The van der Waals surface area contributed by atoms with E-state index in [0.29, 0.717) is 16.5 Å². The number of anilines is 1. The number of halogens is 3. The fourth-order valence-electron chi connectivity index (χ4n) is 2.97. The van der Waals surface area contributed by atoms with Gasteiger partial charge in [0.1, 0.15) is 18.2 Å². The van der Waals surface area contributed by atoms with E-state index < -0.39 is 11.9 Å². The van der Waals surface area contributed by atoms with Crippen molar-refractivity contribution in [3.8, 4) is 17.0 Å². The van der Waals surface area contributed by atoms with Gasteiger partial charge in [-0.25, -0.2) is 9.37 Å². The summed E-state index contributed by atoms with van der Waals surface area (Å²) in [6.45, 7) is 1.69. The van der Waals surface area contributed by atoms with Gasteiger partial charge in [0.2, 0.25) is 5.75 Å². The molecule has 1 aromatic carbocycles. The second-order valence-corrected chi connectivity index (χ2v) is 6.88. The fraction of sp³-hybridized carbons (Fsp3) is 0.100. The molecule has 0 unspecified atom stereocenters. The minimum atomic E-state index is -0.700. The Kier molecular flexibility index (Phi) is 4.83. The van der Waals surface area contributed by atoms with Crippen LogP contribution in [0.4, 0.5) is 10.2 Å². The monoisotopic (exact) mass is 417 g/mol. The van der Waals surface area contributed by atoms with Crippen molar-refractivity contribution in [2.45, 2.75) is 13.0 Å². The van der Waals surface area contributed by atoms with E-state index in [9.17, 15) is 4.39 Å². The molecule has 142 valence electrons. The van der Waals surface area contributed by atoms with Crippen LogP contribution in [0.25, 0.3) is 22.2 Å². The number of nitrogens with zero attached hydrogens (tertiary/aromatic N) is 2. The number of furan rings is 1. The Hall–Kier alpha value is -2.83. The summed E-state index contributed by atoms with van der Waals surface area (Å²) in [4.78, 5) is 8.53. The molecule has 0 radical (unpaired) electrons. The lowest BCUT2D eigenvalue weighted by Crippen LogP contribution is -2.08. The smallest absolute Gasteiger partial charge is 0.205 e. The number of nitrogens with two attached hydrogens (primary N) is 1. The quantitative estimate of drug-likeness (QED) is 0.408. The molecule has 3 aromatic heterocycles. The highest BCUT2D eigenvalue weighted by Crippen LogP contribution is 2.41. The summed E-state index contributed by atoms with van der Waals surface area (Å²) in [5.74, 6) is -0.232. The Morgan fingerprint density at radius 1 is 1.18 bits per heavy atom. The van der Waals surface area contributed by atoms with Crippen LogP contribution in [-0.4, -0.2) is 9.97 Å². The second kappa shape index (κ2) is 7.30. The van der Waals surface area contributed by atoms with E-state index in [1.807, 2.05) is 18.2 Å². The Balaban J connectivity index is 1.79. The van der Waals surface area contributed by atoms with Gasteiger partial charge < -0.3 is 14.9 Å². The summed E-state index contributed by atoms with van der Waals surface area (Å²) in [6, 6.07) is 8.18. The summed E-state index contributed by atoms with van der Waals surface area (Å²) in [6.07, 6.45) is 4.15. The molecule has 5 nitrogen and oxygen atoms in total. The van der Waals surface area contributed by atoms with Crippen LogP contribution in [0.15, 0.2) is 53.4 Å². The van der Waals surface area contributed by atoms with Gasteiger partial charge in [-0.15, -0.1) is 0 Å². The first kappa shape index (κ1) is 18.5. The fourth-order valence-corrected chi connectivity index (χ4v) is 3.64. The largest absolute Gasteiger partial charge is 0.478 e. The number of fused-ring (bicyclic) bond motifs is 1. The van der Waals surface area contributed by atoms with Gasteiger partial charge in [0.15, 0.2) is 11.4 Å². The standard InChI is InChI=1S/C20H14Cl2FN3O2/c1-10(16-13(21)5-6-14(23)17(16)22)28-19-18-11(8-26-20(19)24)12(9-27-18)15-4-2-3-7-25-15/h2-10H,1H3,(H2,24,26)/t10-/m1/s1.